The van der Waals surface area contributed by atoms with Crippen molar-refractivity contribution in [3.05, 3.63) is 42.1 Å². The van der Waals surface area contributed by atoms with Crippen molar-refractivity contribution in [3.8, 4) is 0 Å². The van der Waals surface area contributed by atoms with E-state index in [0.29, 0.717) is 12.5 Å². The van der Waals surface area contributed by atoms with Gasteiger partial charge in [-0.2, -0.15) is 0 Å². The summed E-state index contributed by atoms with van der Waals surface area (Å²) in [5.74, 6) is 2.23. The molecule has 3 aromatic heterocycles. The van der Waals surface area contributed by atoms with Gasteiger partial charge in [-0.15, -0.1) is 0 Å². The maximum absolute atomic E-state index is 5.89. The van der Waals surface area contributed by atoms with Crippen LogP contribution in [-0.2, 0) is 6.54 Å². The predicted molar refractivity (Wildman–Crippen MR) is 64.5 cm³/mol. The molecule has 3 aromatic rings. The number of nitrogens with two attached hydrogens (primary N) is 1. The Hall–Kier alpha value is -2.30. The van der Waals surface area contributed by atoms with E-state index in [1.165, 1.54) is 0 Å². The molecule has 0 unspecified atom stereocenters. The first-order chi connectivity index (χ1) is 8.24. The van der Waals surface area contributed by atoms with Crippen molar-refractivity contribution >= 4 is 17.0 Å². The highest BCUT2D eigenvalue weighted by Crippen LogP contribution is 2.19. The van der Waals surface area contributed by atoms with Crippen LogP contribution in [0.3, 0.4) is 0 Å². The lowest BCUT2D eigenvalue weighted by Crippen LogP contribution is -2.03. The third kappa shape index (κ3) is 1.65. The molecule has 5 nitrogen and oxygen atoms in total. The van der Waals surface area contributed by atoms with E-state index in [0.717, 1.165) is 22.6 Å². The van der Waals surface area contributed by atoms with Crippen LogP contribution in [0.25, 0.3) is 11.0 Å². The zero-order valence-corrected chi connectivity index (χ0v) is 9.42. The molecule has 0 radical (unpaired) electrons. The van der Waals surface area contributed by atoms with Gasteiger partial charge >= 0.3 is 0 Å². The van der Waals surface area contributed by atoms with E-state index in [1.807, 2.05) is 29.7 Å². The van der Waals surface area contributed by atoms with E-state index in [1.54, 1.807) is 12.4 Å². The number of pyridine rings is 1. The molecular weight excluding hydrogens is 216 g/mol. The summed E-state index contributed by atoms with van der Waals surface area (Å²) in [6.07, 6.45) is 3.43. The average Bonchev–Trinajstić information content (AvgIpc) is 2.85. The smallest absolute Gasteiger partial charge is 0.201 e. The summed E-state index contributed by atoms with van der Waals surface area (Å²) in [4.78, 5) is 8.28. The van der Waals surface area contributed by atoms with Gasteiger partial charge in [0.2, 0.25) is 5.95 Å². The Morgan fingerprint density at radius 2 is 2.24 bits per heavy atom. The monoisotopic (exact) mass is 228 g/mol. The molecule has 0 aliphatic rings. The number of hydrogen-bond acceptors (Lipinski definition) is 4. The summed E-state index contributed by atoms with van der Waals surface area (Å²) in [6, 6.07) is 5.78. The van der Waals surface area contributed by atoms with E-state index in [-0.39, 0.29) is 0 Å². The summed E-state index contributed by atoms with van der Waals surface area (Å²) in [5.41, 5.74) is 7.65. The van der Waals surface area contributed by atoms with Crippen LogP contribution < -0.4 is 5.73 Å². The van der Waals surface area contributed by atoms with Crippen LogP contribution in [0.2, 0.25) is 0 Å². The highest BCUT2D eigenvalue weighted by molar-refractivity contribution is 5.77. The third-order valence-electron chi connectivity index (χ3n) is 2.69. The lowest BCUT2D eigenvalue weighted by atomic mass is 10.4. The summed E-state index contributed by atoms with van der Waals surface area (Å²) >= 11 is 0. The van der Waals surface area contributed by atoms with Gasteiger partial charge in [0, 0.05) is 6.20 Å². The van der Waals surface area contributed by atoms with Crippen LogP contribution in [0.5, 0.6) is 0 Å². The minimum Gasteiger partial charge on any atom is -0.464 e. The van der Waals surface area contributed by atoms with Gasteiger partial charge in [-0.3, -0.25) is 4.98 Å². The molecule has 86 valence electrons. The number of hydrogen-bond donors (Lipinski definition) is 1. The largest absolute Gasteiger partial charge is 0.464 e. The fraction of sp³-hybridized carbons (Fsp3) is 0.167. The van der Waals surface area contributed by atoms with Gasteiger partial charge < -0.3 is 14.7 Å². The number of aromatic nitrogens is 3. The van der Waals surface area contributed by atoms with Crippen LogP contribution >= 0.6 is 0 Å². The van der Waals surface area contributed by atoms with E-state index in [2.05, 4.69) is 9.97 Å². The molecule has 0 aliphatic carbocycles. The average molecular weight is 228 g/mol. The summed E-state index contributed by atoms with van der Waals surface area (Å²) < 4.78 is 7.45. The molecule has 0 aliphatic heterocycles. The maximum atomic E-state index is 5.89. The topological polar surface area (TPSA) is 69.9 Å². The van der Waals surface area contributed by atoms with Crippen molar-refractivity contribution in [2.75, 3.05) is 5.73 Å². The van der Waals surface area contributed by atoms with E-state index in [4.69, 9.17) is 10.2 Å². The lowest BCUT2D eigenvalue weighted by Gasteiger charge is -2.03. The minimum atomic E-state index is 0.474. The Balaban J connectivity index is 2.08. The van der Waals surface area contributed by atoms with Crippen molar-refractivity contribution in [2.24, 2.45) is 0 Å². The first-order valence-corrected chi connectivity index (χ1v) is 5.35. The van der Waals surface area contributed by atoms with Crippen molar-refractivity contribution in [2.45, 2.75) is 13.5 Å². The Bertz CT molecular complexity index is 668. The van der Waals surface area contributed by atoms with E-state index < -0.39 is 0 Å². The highest BCUT2D eigenvalue weighted by atomic mass is 16.3. The van der Waals surface area contributed by atoms with Crippen LogP contribution in [-0.4, -0.2) is 14.5 Å². The van der Waals surface area contributed by atoms with Crippen LogP contribution in [0.4, 0.5) is 5.95 Å². The van der Waals surface area contributed by atoms with Crippen LogP contribution in [0, 0.1) is 6.92 Å². The molecule has 0 fully saturated rings. The van der Waals surface area contributed by atoms with Gasteiger partial charge in [0.1, 0.15) is 17.0 Å². The van der Waals surface area contributed by atoms with Crippen molar-refractivity contribution < 1.29 is 4.42 Å². The molecule has 0 saturated carbocycles. The summed E-state index contributed by atoms with van der Waals surface area (Å²) in [6.45, 7) is 2.50. The number of nitrogen functional groups attached to an aromatic ring is 1. The minimum absolute atomic E-state index is 0.474. The molecule has 0 spiro atoms. The SMILES string of the molecule is Cc1ccc(Cn2c(N)nc3cnccc32)o1. The maximum Gasteiger partial charge on any atom is 0.201 e. The Kier molecular flexibility index (Phi) is 2.11. The molecule has 0 saturated heterocycles. The molecule has 5 heteroatoms. The van der Waals surface area contributed by atoms with E-state index in [9.17, 15) is 0 Å². The first kappa shape index (κ1) is 9.89. The Morgan fingerprint density at radius 1 is 1.35 bits per heavy atom. The number of fused-ring (bicyclic) bond motifs is 1. The van der Waals surface area contributed by atoms with Gasteiger partial charge in [0.05, 0.1) is 18.3 Å². The fourth-order valence-electron chi connectivity index (χ4n) is 1.89. The van der Waals surface area contributed by atoms with Gasteiger partial charge in [-0.1, -0.05) is 0 Å². The van der Waals surface area contributed by atoms with Crippen molar-refractivity contribution in [3.63, 3.8) is 0 Å². The second-order valence-corrected chi connectivity index (χ2v) is 3.93. The molecule has 0 amide bonds. The molecule has 0 aromatic carbocycles. The normalized spacial score (nSPS) is 11.1. The van der Waals surface area contributed by atoms with E-state index >= 15 is 0 Å². The van der Waals surface area contributed by atoms with Gasteiger partial charge in [0.15, 0.2) is 0 Å². The highest BCUT2D eigenvalue weighted by Gasteiger charge is 2.09. The first-order valence-electron chi connectivity index (χ1n) is 5.35. The number of nitrogens with zero attached hydrogens (tertiary/aromatic N) is 3. The number of imidazole rings is 1. The summed E-state index contributed by atoms with van der Waals surface area (Å²) in [5, 5.41) is 0. The second kappa shape index (κ2) is 3.62. The van der Waals surface area contributed by atoms with Gasteiger partial charge in [-0.05, 0) is 25.1 Å². The molecule has 2 N–H and O–H groups in total. The summed E-state index contributed by atoms with van der Waals surface area (Å²) in [7, 11) is 0. The molecule has 3 rings (SSSR count). The molecule has 0 bridgehead atoms. The number of aryl methyl sites for hydroxylation is 1. The standard InChI is InChI=1S/C12H12N4O/c1-8-2-3-9(17-8)7-16-11-4-5-14-6-10(11)15-12(16)13/h2-6H,7H2,1H3,(H2,13,15). The quantitative estimate of drug-likeness (QED) is 0.728. The van der Waals surface area contributed by atoms with Gasteiger partial charge in [0.25, 0.3) is 0 Å². The van der Waals surface area contributed by atoms with Gasteiger partial charge in [-0.25, -0.2) is 4.98 Å². The van der Waals surface area contributed by atoms with Crippen LogP contribution in [0.1, 0.15) is 11.5 Å². The Labute approximate surface area is 97.9 Å². The third-order valence-corrected chi connectivity index (χ3v) is 2.69. The number of furan rings is 1. The van der Waals surface area contributed by atoms with Crippen molar-refractivity contribution in [1.29, 1.82) is 0 Å². The predicted octanol–water partition coefficient (Wildman–Crippen LogP) is 1.96. The molecular formula is C12H12N4O. The zero-order chi connectivity index (χ0) is 11.8. The molecule has 17 heavy (non-hydrogen) atoms. The lowest BCUT2D eigenvalue weighted by molar-refractivity contribution is 0.473. The van der Waals surface area contributed by atoms with Crippen molar-refractivity contribution in [1.82, 2.24) is 14.5 Å². The second-order valence-electron chi connectivity index (χ2n) is 3.93. The Morgan fingerprint density at radius 3 is 3.00 bits per heavy atom. The molecule has 3 heterocycles. The number of anilines is 1. The van der Waals surface area contributed by atoms with Crippen LogP contribution in [0.15, 0.2) is 35.0 Å². The fourth-order valence-corrected chi connectivity index (χ4v) is 1.89. The number of rotatable bonds is 2. The molecule has 0 atom stereocenters. The zero-order valence-electron chi connectivity index (χ0n) is 9.42.